The summed E-state index contributed by atoms with van der Waals surface area (Å²) < 4.78 is 5.86. The zero-order chi connectivity index (χ0) is 18.5. The number of hydrogen-bond acceptors (Lipinski definition) is 5. The summed E-state index contributed by atoms with van der Waals surface area (Å²) in [6.45, 7) is 3.83. The predicted octanol–water partition coefficient (Wildman–Crippen LogP) is 1.80. The van der Waals surface area contributed by atoms with Gasteiger partial charge in [-0.2, -0.15) is 0 Å². The van der Waals surface area contributed by atoms with Gasteiger partial charge in [0.25, 0.3) is 0 Å². The Morgan fingerprint density at radius 1 is 1.35 bits per heavy atom. The number of ether oxygens (including phenoxy) is 1. The molecule has 5 nitrogen and oxygen atoms in total. The number of epoxide rings is 1. The van der Waals surface area contributed by atoms with E-state index in [1.807, 2.05) is 6.08 Å². The van der Waals surface area contributed by atoms with E-state index in [1.54, 1.807) is 0 Å². The summed E-state index contributed by atoms with van der Waals surface area (Å²) in [5.41, 5.74) is -0.171. The van der Waals surface area contributed by atoms with Crippen LogP contribution in [0.2, 0.25) is 0 Å². The molecule has 8 atom stereocenters. The average Bonchev–Trinajstić information content (AvgIpc) is 3.28. The van der Waals surface area contributed by atoms with E-state index in [9.17, 15) is 19.8 Å². The molecule has 5 aliphatic rings. The van der Waals surface area contributed by atoms with E-state index in [-0.39, 0.29) is 29.0 Å². The largest absolute Gasteiger partial charge is 0.393 e. The third-order valence-corrected chi connectivity index (χ3v) is 8.89. The van der Waals surface area contributed by atoms with Gasteiger partial charge in [0.1, 0.15) is 6.61 Å². The maximum Gasteiger partial charge on any atom is 0.193 e. The Hall–Kier alpha value is -1.04. The number of aliphatic hydroxyl groups excluding tert-OH is 2. The van der Waals surface area contributed by atoms with Gasteiger partial charge in [-0.1, -0.05) is 19.4 Å². The molecular weight excluding hydrogens is 332 g/mol. The molecule has 1 aliphatic heterocycles. The van der Waals surface area contributed by atoms with Crippen molar-refractivity contribution in [3.05, 3.63) is 11.6 Å². The van der Waals surface area contributed by atoms with Crippen molar-refractivity contribution in [3.63, 3.8) is 0 Å². The molecule has 0 amide bonds. The van der Waals surface area contributed by atoms with Gasteiger partial charge in [-0.3, -0.25) is 9.59 Å². The summed E-state index contributed by atoms with van der Waals surface area (Å²) in [7, 11) is 0. The molecule has 0 radical (unpaired) electrons. The molecule has 1 heterocycles. The lowest BCUT2D eigenvalue weighted by Crippen LogP contribution is -2.60. The highest BCUT2D eigenvalue weighted by Crippen LogP contribution is 2.73. The Morgan fingerprint density at radius 3 is 2.85 bits per heavy atom. The summed E-state index contributed by atoms with van der Waals surface area (Å²) in [5.74, 6) is 0.825. The van der Waals surface area contributed by atoms with Crippen molar-refractivity contribution < 1.29 is 24.5 Å². The Balaban J connectivity index is 1.54. The third-order valence-electron chi connectivity index (χ3n) is 8.89. The third kappa shape index (κ3) is 1.78. The van der Waals surface area contributed by atoms with Gasteiger partial charge in [-0.15, -0.1) is 0 Å². The smallest absolute Gasteiger partial charge is 0.193 e. The van der Waals surface area contributed by atoms with Crippen LogP contribution in [0.4, 0.5) is 0 Å². The average molecular weight is 360 g/mol. The molecule has 0 spiro atoms. The minimum Gasteiger partial charge on any atom is -0.393 e. The van der Waals surface area contributed by atoms with Gasteiger partial charge in [0.2, 0.25) is 0 Å². The van der Waals surface area contributed by atoms with Crippen LogP contribution >= 0.6 is 0 Å². The van der Waals surface area contributed by atoms with Crippen molar-refractivity contribution in [3.8, 4) is 0 Å². The monoisotopic (exact) mass is 360 g/mol. The number of aliphatic hydroxyl groups is 2. The van der Waals surface area contributed by atoms with Gasteiger partial charge in [0.15, 0.2) is 17.2 Å². The van der Waals surface area contributed by atoms with Crippen LogP contribution in [-0.2, 0) is 14.3 Å². The molecule has 1 saturated heterocycles. The highest BCUT2D eigenvalue weighted by atomic mass is 16.6. The van der Waals surface area contributed by atoms with E-state index in [0.717, 1.165) is 25.7 Å². The maximum absolute atomic E-state index is 12.5. The van der Waals surface area contributed by atoms with Crippen molar-refractivity contribution in [2.24, 2.45) is 28.6 Å². The molecule has 0 bridgehead atoms. The molecule has 0 aromatic rings. The van der Waals surface area contributed by atoms with Gasteiger partial charge in [0.05, 0.1) is 12.2 Å². The Morgan fingerprint density at radius 2 is 2.12 bits per heavy atom. The lowest BCUT2D eigenvalue weighted by molar-refractivity contribution is -0.160. The van der Waals surface area contributed by atoms with Crippen molar-refractivity contribution in [2.45, 2.75) is 70.2 Å². The fourth-order valence-corrected chi connectivity index (χ4v) is 7.71. The van der Waals surface area contributed by atoms with Crippen LogP contribution in [0.25, 0.3) is 0 Å². The zero-order valence-electron chi connectivity index (χ0n) is 15.5. The first kappa shape index (κ1) is 17.1. The quantitative estimate of drug-likeness (QED) is 0.733. The molecule has 2 N–H and O–H groups in total. The first-order valence-electron chi connectivity index (χ1n) is 10.0. The van der Waals surface area contributed by atoms with Crippen LogP contribution in [0, 0.1) is 28.6 Å². The van der Waals surface area contributed by atoms with Crippen molar-refractivity contribution in [2.75, 3.05) is 6.61 Å². The number of carbonyl (C=O) groups is 2. The van der Waals surface area contributed by atoms with E-state index in [1.165, 1.54) is 5.57 Å². The molecular formula is C21H28O5. The first-order valence-corrected chi connectivity index (χ1v) is 10.0. The van der Waals surface area contributed by atoms with E-state index >= 15 is 0 Å². The number of Topliss-reactive ketones (excluding diaryl/α,β-unsaturated/α-hetero) is 1. The van der Waals surface area contributed by atoms with Gasteiger partial charge in [-0.25, -0.2) is 0 Å². The molecule has 0 unspecified atom stereocenters. The van der Waals surface area contributed by atoms with Crippen molar-refractivity contribution in [1.29, 1.82) is 0 Å². The van der Waals surface area contributed by atoms with Crippen LogP contribution in [0.3, 0.4) is 0 Å². The fraction of sp³-hybridized carbons (Fsp3) is 0.810. The fourth-order valence-electron chi connectivity index (χ4n) is 7.71. The second-order valence-corrected chi connectivity index (χ2v) is 9.74. The maximum atomic E-state index is 12.5. The molecule has 3 saturated carbocycles. The van der Waals surface area contributed by atoms with Crippen molar-refractivity contribution in [1.82, 2.24) is 0 Å². The standard InChI is InChI=1S/C21H28O5/c1-19-6-5-12(23)7-11(19)3-4-13-14-8-17-21(26-17,16(25)10-22)20(14,2)9-15(24)18(13)19/h7,13-15,17-18,22,24H,3-6,8-10H2,1-2H3/t13-,14-,15-,17+,18+,19-,20-,21+/m0/s1. The SMILES string of the molecule is C[C@]12CCC(=O)C=C1CC[C@@H]1[C@@H]2[C@@H](O)C[C@@]2(C)[C@H]1C[C@H]1O[C@]12C(=O)CO. The van der Waals surface area contributed by atoms with Crippen LogP contribution in [-0.4, -0.2) is 46.2 Å². The van der Waals surface area contributed by atoms with Gasteiger partial charge in [-0.05, 0) is 61.3 Å². The van der Waals surface area contributed by atoms with Crippen molar-refractivity contribution >= 4 is 11.6 Å². The molecule has 5 heteroatoms. The van der Waals surface area contributed by atoms with E-state index < -0.39 is 23.7 Å². The molecule has 142 valence electrons. The van der Waals surface area contributed by atoms with Crippen LogP contribution in [0.5, 0.6) is 0 Å². The number of allylic oxidation sites excluding steroid dienone is 1. The predicted molar refractivity (Wildman–Crippen MR) is 93.2 cm³/mol. The lowest BCUT2D eigenvalue weighted by Gasteiger charge is -2.60. The number of ketones is 2. The number of hydrogen-bond donors (Lipinski definition) is 2. The summed E-state index contributed by atoms with van der Waals surface area (Å²) in [4.78, 5) is 24.4. The molecule has 4 aliphatic carbocycles. The zero-order valence-corrected chi connectivity index (χ0v) is 15.5. The van der Waals surface area contributed by atoms with Gasteiger partial charge in [0, 0.05) is 11.8 Å². The molecule has 4 fully saturated rings. The van der Waals surface area contributed by atoms with E-state index in [2.05, 4.69) is 13.8 Å². The second kappa shape index (κ2) is 5.06. The number of fused-ring (bicyclic) bond motifs is 7. The van der Waals surface area contributed by atoms with Gasteiger partial charge >= 0.3 is 0 Å². The van der Waals surface area contributed by atoms with E-state index in [0.29, 0.717) is 24.7 Å². The molecule has 0 aromatic carbocycles. The van der Waals surface area contributed by atoms with Gasteiger partial charge < -0.3 is 14.9 Å². The van der Waals surface area contributed by atoms with E-state index in [4.69, 9.17) is 4.74 Å². The van der Waals surface area contributed by atoms with Crippen LogP contribution in [0.1, 0.15) is 52.4 Å². The lowest BCUT2D eigenvalue weighted by atomic mass is 9.45. The normalized spacial score (nSPS) is 54.5. The minimum absolute atomic E-state index is 0.0965. The minimum atomic E-state index is -0.877. The Bertz CT molecular complexity index is 728. The Kier molecular flexibility index (Phi) is 3.33. The number of rotatable bonds is 2. The molecule has 0 aromatic heterocycles. The molecule has 26 heavy (non-hydrogen) atoms. The first-order chi connectivity index (χ1) is 12.3. The highest BCUT2D eigenvalue weighted by molar-refractivity contribution is 5.93. The highest BCUT2D eigenvalue weighted by Gasteiger charge is 2.80. The molecule has 5 rings (SSSR count). The topological polar surface area (TPSA) is 87.1 Å². The summed E-state index contributed by atoms with van der Waals surface area (Å²) in [6.07, 6.45) is 5.89. The van der Waals surface area contributed by atoms with Crippen LogP contribution in [0.15, 0.2) is 11.6 Å². The second-order valence-electron chi connectivity index (χ2n) is 9.74. The Labute approximate surface area is 153 Å². The number of carbonyl (C=O) groups excluding carboxylic acids is 2. The van der Waals surface area contributed by atoms with Crippen LogP contribution < -0.4 is 0 Å². The summed E-state index contributed by atoms with van der Waals surface area (Å²) >= 11 is 0. The summed E-state index contributed by atoms with van der Waals surface area (Å²) in [6, 6.07) is 0. The summed E-state index contributed by atoms with van der Waals surface area (Å²) in [5, 5.41) is 20.7.